The number of alkyl carbamates (subject to hydrolysis) is 1. The number of ether oxygens (including phenoxy) is 2. The second-order valence-electron chi connectivity index (χ2n) is 9.75. The first-order valence-corrected chi connectivity index (χ1v) is 12.4. The predicted molar refractivity (Wildman–Crippen MR) is 145 cm³/mol. The summed E-state index contributed by atoms with van der Waals surface area (Å²) in [4.78, 5) is 41.3. The second-order valence-corrected chi connectivity index (χ2v) is 10.1. The smallest absolute Gasteiger partial charge is 0.408 e. The second kappa shape index (κ2) is 12.7. The highest BCUT2D eigenvalue weighted by Crippen LogP contribution is 2.27. The van der Waals surface area contributed by atoms with Gasteiger partial charge in [0.05, 0.1) is 7.11 Å². The zero-order valence-electron chi connectivity index (χ0n) is 22.0. The Balaban J connectivity index is 2.42. The third-order valence-corrected chi connectivity index (χ3v) is 5.62. The van der Waals surface area contributed by atoms with E-state index in [1.165, 1.54) is 4.90 Å². The zero-order chi connectivity index (χ0) is 27.0. The molecule has 2 rings (SSSR count). The first-order valence-electron chi connectivity index (χ1n) is 11.8. The van der Waals surface area contributed by atoms with Gasteiger partial charge in [-0.05, 0) is 71.4 Å². The normalized spacial score (nSPS) is 12.9. The van der Waals surface area contributed by atoms with Crippen LogP contribution < -0.4 is 15.4 Å². The van der Waals surface area contributed by atoms with E-state index >= 15 is 0 Å². The lowest BCUT2D eigenvalue weighted by atomic mass is 10.00. The SMILES string of the molecule is COc1ccc(NC(=O)C(c2ccc(C)cc2)N(C(=O)C(CS)NC(=O)OC(C)(C)C)C(C)C)cc1. The van der Waals surface area contributed by atoms with Crippen LogP contribution in [0.15, 0.2) is 48.5 Å². The molecular formula is C27H37N3O5S. The van der Waals surface area contributed by atoms with Gasteiger partial charge in [0.1, 0.15) is 23.4 Å². The fraction of sp³-hybridized carbons (Fsp3) is 0.444. The number of thiol groups is 1. The molecule has 0 radical (unpaired) electrons. The largest absolute Gasteiger partial charge is 0.497 e. The quantitative estimate of drug-likeness (QED) is 0.419. The number of nitrogens with zero attached hydrogens (tertiary/aromatic N) is 1. The van der Waals surface area contributed by atoms with Crippen LogP contribution in [0.1, 0.15) is 51.8 Å². The number of nitrogens with one attached hydrogen (secondary N) is 2. The van der Waals surface area contributed by atoms with Crippen molar-refractivity contribution in [3.8, 4) is 5.75 Å². The van der Waals surface area contributed by atoms with E-state index in [1.54, 1.807) is 52.1 Å². The molecule has 2 unspecified atom stereocenters. The molecule has 0 spiro atoms. The van der Waals surface area contributed by atoms with Gasteiger partial charge in [-0.1, -0.05) is 29.8 Å². The molecule has 196 valence electrons. The molecule has 0 aliphatic rings. The van der Waals surface area contributed by atoms with Crippen LogP contribution in [0, 0.1) is 6.92 Å². The number of rotatable bonds is 9. The van der Waals surface area contributed by atoms with Gasteiger partial charge in [0.2, 0.25) is 5.91 Å². The van der Waals surface area contributed by atoms with E-state index in [9.17, 15) is 14.4 Å². The Labute approximate surface area is 219 Å². The summed E-state index contributed by atoms with van der Waals surface area (Å²) in [5, 5.41) is 5.51. The fourth-order valence-electron chi connectivity index (χ4n) is 3.57. The minimum atomic E-state index is -0.993. The van der Waals surface area contributed by atoms with E-state index in [-0.39, 0.29) is 17.7 Å². The van der Waals surface area contributed by atoms with Gasteiger partial charge in [0.15, 0.2) is 0 Å². The van der Waals surface area contributed by atoms with E-state index in [0.29, 0.717) is 17.0 Å². The number of anilines is 1. The number of carbonyl (C=O) groups excluding carboxylic acids is 3. The van der Waals surface area contributed by atoms with E-state index < -0.39 is 29.7 Å². The highest BCUT2D eigenvalue weighted by atomic mass is 32.1. The number of hydrogen-bond donors (Lipinski definition) is 3. The van der Waals surface area contributed by atoms with Crippen LogP contribution in [0.3, 0.4) is 0 Å². The molecule has 0 bridgehead atoms. The highest BCUT2D eigenvalue weighted by molar-refractivity contribution is 7.80. The van der Waals surface area contributed by atoms with Crippen molar-refractivity contribution in [3.05, 3.63) is 59.7 Å². The summed E-state index contributed by atoms with van der Waals surface area (Å²) in [7, 11) is 1.57. The number of methoxy groups -OCH3 is 1. The maximum absolute atomic E-state index is 13.7. The molecule has 0 saturated carbocycles. The maximum Gasteiger partial charge on any atom is 0.408 e. The Hall–Kier alpha value is -3.20. The van der Waals surface area contributed by atoms with E-state index in [4.69, 9.17) is 9.47 Å². The van der Waals surface area contributed by atoms with Gasteiger partial charge in [-0.15, -0.1) is 0 Å². The lowest BCUT2D eigenvalue weighted by Crippen LogP contribution is -2.55. The number of carbonyl (C=O) groups is 3. The van der Waals surface area contributed by atoms with E-state index in [1.807, 2.05) is 45.0 Å². The molecule has 3 amide bonds. The van der Waals surface area contributed by atoms with Gasteiger partial charge in [0.25, 0.3) is 5.91 Å². The van der Waals surface area contributed by atoms with Gasteiger partial charge in [-0.2, -0.15) is 12.6 Å². The molecule has 8 nitrogen and oxygen atoms in total. The summed E-state index contributed by atoms with van der Waals surface area (Å²) in [5.74, 6) is -0.142. The summed E-state index contributed by atoms with van der Waals surface area (Å²) in [6, 6.07) is 12.1. The first kappa shape index (κ1) is 29.0. The third kappa shape index (κ3) is 8.19. The summed E-state index contributed by atoms with van der Waals surface area (Å²) in [6.07, 6.45) is -0.729. The van der Waals surface area contributed by atoms with Crippen LogP contribution in [0.4, 0.5) is 10.5 Å². The van der Waals surface area contributed by atoms with Gasteiger partial charge in [-0.3, -0.25) is 9.59 Å². The Morgan fingerprint density at radius 1 is 1.00 bits per heavy atom. The van der Waals surface area contributed by atoms with Crippen LogP contribution in [0.5, 0.6) is 5.75 Å². The Morgan fingerprint density at radius 3 is 2.06 bits per heavy atom. The van der Waals surface area contributed by atoms with Gasteiger partial charge >= 0.3 is 6.09 Å². The van der Waals surface area contributed by atoms with Gasteiger partial charge in [0, 0.05) is 17.5 Å². The minimum Gasteiger partial charge on any atom is -0.497 e. The molecule has 0 saturated heterocycles. The van der Waals surface area contributed by atoms with Crippen LogP contribution in [-0.4, -0.2) is 53.4 Å². The predicted octanol–water partition coefficient (Wildman–Crippen LogP) is 4.74. The maximum atomic E-state index is 13.7. The van der Waals surface area contributed by atoms with Crippen LogP contribution in [0.2, 0.25) is 0 Å². The summed E-state index contributed by atoms with van der Waals surface area (Å²) < 4.78 is 10.5. The molecule has 0 aromatic heterocycles. The van der Waals surface area contributed by atoms with Gasteiger partial charge < -0.3 is 25.0 Å². The van der Waals surface area contributed by atoms with Crippen LogP contribution in [0.25, 0.3) is 0 Å². The highest BCUT2D eigenvalue weighted by Gasteiger charge is 2.37. The zero-order valence-corrected chi connectivity index (χ0v) is 22.9. The molecule has 0 fully saturated rings. The molecule has 2 aromatic rings. The van der Waals surface area contributed by atoms with Gasteiger partial charge in [-0.25, -0.2) is 4.79 Å². The lowest BCUT2D eigenvalue weighted by Gasteiger charge is -2.37. The lowest BCUT2D eigenvalue weighted by molar-refractivity contribution is -0.142. The van der Waals surface area contributed by atoms with Crippen LogP contribution >= 0.6 is 12.6 Å². The Bertz CT molecular complexity index is 1030. The summed E-state index contributed by atoms with van der Waals surface area (Å²) in [6.45, 7) is 10.8. The Morgan fingerprint density at radius 2 is 1.58 bits per heavy atom. The average Bonchev–Trinajstić information content (AvgIpc) is 2.80. The van der Waals surface area contributed by atoms with Crippen LogP contribution in [-0.2, 0) is 14.3 Å². The van der Waals surface area contributed by atoms with Crippen molar-refractivity contribution >= 4 is 36.2 Å². The summed E-state index contributed by atoms with van der Waals surface area (Å²) >= 11 is 4.29. The third-order valence-electron chi connectivity index (χ3n) is 5.26. The molecule has 36 heavy (non-hydrogen) atoms. The monoisotopic (exact) mass is 515 g/mol. The average molecular weight is 516 g/mol. The van der Waals surface area contributed by atoms with Crippen molar-refractivity contribution in [3.63, 3.8) is 0 Å². The number of aryl methyl sites for hydroxylation is 1. The summed E-state index contributed by atoms with van der Waals surface area (Å²) in [5.41, 5.74) is 1.50. The van der Waals surface area contributed by atoms with Crippen molar-refractivity contribution in [1.29, 1.82) is 0 Å². The molecular weight excluding hydrogens is 478 g/mol. The van der Waals surface area contributed by atoms with Crippen molar-refractivity contribution in [2.75, 3.05) is 18.2 Å². The Kier molecular flexibility index (Phi) is 10.2. The van der Waals surface area contributed by atoms with Crippen molar-refractivity contribution in [1.82, 2.24) is 10.2 Å². The van der Waals surface area contributed by atoms with Crippen molar-refractivity contribution in [2.45, 2.75) is 65.3 Å². The molecule has 2 aromatic carbocycles. The number of amides is 3. The topological polar surface area (TPSA) is 97.0 Å². The molecule has 2 atom stereocenters. The molecule has 0 aliphatic heterocycles. The molecule has 2 N–H and O–H groups in total. The van der Waals surface area contributed by atoms with E-state index in [2.05, 4.69) is 23.3 Å². The molecule has 0 aliphatic carbocycles. The van der Waals surface area contributed by atoms with Crippen molar-refractivity contribution in [2.24, 2.45) is 0 Å². The van der Waals surface area contributed by atoms with E-state index in [0.717, 1.165) is 5.56 Å². The fourth-order valence-corrected chi connectivity index (χ4v) is 3.81. The number of benzene rings is 2. The standard InChI is InChI=1S/C27H37N3O5S/c1-17(2)30(25(32)22(16-36)29-26(33)35-27(4,5)6)23(19-10-8-18(3)9-11-19)24(31)28-20-12-14-21(34-7)15-13-20/h8-15,17,22-23,36H,16H2,1-7H3,(H,28,31)(H,29,33). The van der Waals surface area contributed by atoms with Crippen molar-refractivity contribution < 1.29 is 23.9 Å². The molecule has 9 heteroatoms. The first-order chi connectivity index (χ1) is 16.9. The minimum absolute atomic E-state index is 0.0298. The molecule has 0 heterocycles. The number of hydrogen-bond acceptors (Lipinski definition) is 6.